The third kappa shape index (κ3) is 4.98. The first-order chi connectivity index (χ1) is 15.9. The summed E-state index contributed by atoms with van der Waals surface area (Å²) in [5, 5.41) is 14.1. The van der Waals surface area contributed by atoms with E-state index in [4.69, 9.17) is 9.47 Å². The molecule has 0 unspecified atom stereocenters. The summed E-state index contributed by atoms with van der Waals surface area (Å²) in [6.45, 7) is 0.570. The Balaban J connectivity index is 1.40. The number of nitrogens with one attached hydrogen (secondary N) is 1. The van der Waals surface area contributed by atoms with Gasteiger partial charge in [0.15, 0.2) is 6.61 Å². The second-order valence-corrected chi connectivity index (χ2v) is 9.29. The number of phenolic OH excluding ortho intramolecular Hbond substituents is 1. The molecule has 0 saturated carbocycles. The van der Waals surface area contributed by atoms with E-state index in [1.807, 2.05) is 6.07 Å². The van der Waals surface area contributed by atoms with Crippen LogP contribution in [0, 0.1) is 0 Å². The predicted octanol–water partition coefficient (Wildman–Crippen LogP) is 2.36. The molecule has 0 aromatic heterocycles. The maximum atomic E-state index is 12.8. The lowest BCUT2D eigenvalue weighted by atomic mass is 10.1. The van der Waals surface area contributed by atoms with Crippen molar-refractivity contribution in [2.45, 2.75) is 4.90 Å². The van der Waals surface area contributed by atoms with Crippen molar-refractivity contribution in [2.75, 3.05) is 38.2 Å². The van der Waals surface area contributed by atoms with Crippen LogP contribution in [0.15, 0.2) is 65.6 Å². The van der Waals surface area contributed by atoms with Crippen LogP contribution < -0.4 is 5.32 Å². The minimum Gasteiger partial charge on any atom is -0.506 e. The average molecular weight is 471 g/mol. The van der Waals surface area contributed by atoms with Crippen molar-refractivity contribution >= 4 is 38.4 Å². The molecule has 1 fully saturated rings. The summed E-state index contributed by atoms with van der Waals surface area (Å²) in [6.07, 6.45) is 0. The average Bonchev–Trinajstić information content (AvgIpc) is 2.83. The molecule has 1 heterocycles. The van der Waals surface area contributed by atoms with Crippen molar-refractivity contribution in [3.05, 3.63) is 66.2 Å². The summed E-state index contributed by atoms with van der Waals surface area (Å²) in [5.74, 6) is -1.72. The molecular formula is C23H22N2O7S. The number of amides is 1. The zero-order valence-electron chi connectivity index (χ0n) is 17.6. The Labute approximate surface area is 190 Å². The van der Waals surface area contributed by atoms with Crippen molar-refractivity contribution in [3.63, 3.8) is 0 Å². The minimum absolute atomic E-state index is 0.0419. The summed E-state index contributed by atoms with van der Waals surface area (Å²) in [4.78, 5) is 24.7. The molecule has 3 aromatic rings. The van der Waals surface area contributed by atoms with Crippen LogP contribution in [0.1, 0.15) is 10.4 Å². The minimum atomic E-state index is -3.72. The number of ether oxygens (including phenoxy) is 2. The van der Waals surface area contributed by atoms with E-state index in [0.29, 0.717) is 18.6 Å². The number of hydrogen-bond acceptors (Lipinski definition) is 7. The first-order valence-corrected chi connectivity index (χ1v) is 11.7. The highest BCUT2D eigenvalue weighted by Crippen LogP contribution is 2.29. The maximum Gasteiger partial charge on any atom is 0.342 e. The number of rotatable bonds is 6. The highest BCUT2D eigenvalue weighted by atomic mass is 32.2. The van der Waals surface area contributed by atoms with E-state index in [1.165, 1.54) is 34.6 Å². The molecular weight excluding hydrogens is 448 g/mol. The number of benzene rings is 3. The Kier molecular flexibility index (Phi) is 6.59. The highest BCUT2D eigenvalue weighted by Gasteiger charge is 2.26. The van der Waals surface area contributed by atoms with Gasteiger partial charge in [-0.3, -0.25) is 4.79 Å². The van der Waals surface area contributed by atoms with Crippen molar-refractivity contribution in [2.24, 2.45) is 0 Å². The number of phenols is 1. The molecule has 1 aliphatic heterocycles. The summed E-state index contributed by atoms with van der Waals surface area (Å²) in [7, 11) is -3.72. The Bertz CT molecular complexity index is 1300. The lowest BCUT2D eigenvalue weighted by Crippen LogP contribution is -2.40. The van der Waals surface area contributed by atoms with Crippen LogP contribution >= 0.6 is 0 Å². The van der Waals surface area contributed by atoms with Crippen LogP contribution in [0.4, 0.5) is 5.69 Å². The molecule has 9 nitrogen and oxygen atoms in total. The molecule has 33 heavy (non-hydrogen) atoms. The largest absolute Gasteiger partial charge is 0.506 e. The normalized spacial score (nSPS) is 14.7. The fourth-order valence-electron chi connectivity index (χ4n) is 3.50. The summed E-state index contributed by atoms with van der Waals surface area (Å²) >= 11 is 0. The van der Waals surface area contributed by atoms with Crippen molar-refractivity contribution in [1.82, 2.24) is 4.31 Å². The Hall–Kier alpha value is -3.47. The van der Waals surface area contributed by atoms with Crippen LogP contribution in [0.5, 0.6) is 5.75 Å². The molecule has 0 spiro atoms. The van der Waals surface area contributed by atoms with E-state index in [1.54, 1.807) is 24.3 Å². The molecule has 3 aromatic carbocycles. The van der Waals surface area contributed by atoms with E-state index in [2.05, 4.69) is 5.32 Å². The topological polar surface area (TPSA) is 122 Å². The monoisotopic (exact) mass is 470 g/mol. The van der Waals surface area contributed by atoms with Gasteiger partial charge in [-0.2, -0.15) is 4.31 Å². The van der Waals surface area contributed by atoms with Gasteiger partial charge in [0, 0.05) is 24.2 Å². The summed E-state index contributed by atoms with van der Waals surface area (Å²) in [5.41, 5.74) is 0.194. The SMILES string of the molecule is O=C(COC(=O)c1ccc2ccccc2c1O)Nc1cccc(S(=O)(=O)N2CCOCC2)c1. The number of carbonyl (C=O) groups is 2. The van der Waals surface area contributed by atoms with E-state index in [0.717, 1.165) is 5.39 Å². The van der Waals surface area contributed by atoms with Gasteiger partial charge in [-0.25, -0.2) is 13.2 Å². The van der Waals surface area contributed by atoms with Gasteiger partial charge < -0.3 is 19.9 Å². The zero-order chi connectivity index (χ0) is 23.4. The number of carbonyl (C=O) groups excluding carboxylic acids is 2. The fraction of sp³-hybridized carbons (Fsp3) is 0.217. The fourth-order valence-corrected chi connectivity index (χ4v) is 4.95. The van der Waals surface area contributed by atoms with E-state index >= 15 is 0 Å². The molecule has 0 radical (unpaired) electrons. The van der Waals surface area contributed by atoms with E-state index < -0.39 is 28.5 Å². The number of aromatic hydroxyl groups is 1. The Morgan fingerprint density at radius 3 is 2.58 bits per heavy atom. The molecule has 4 rings (SSSR count). The predicted molar refractivity (Wildman–Crippen MR) is 121 cm³/mol. The number of morpholine rings is 1. The standard InChI is InChI=1S/C23H22N2O7S/c26-21(15-32-23(28)20-9-8-16-4-1-2-7-19(16)22(20)27)24-17-5-3-6-18(14-17)33(29,30)25-10-12-31-13-11-25/h1-9,14,27H,10-13,15H2,(H,24,26). The molecule has 1 amide bonds. The van der Waals surface area contributed by atoms with Crippen molar-refractivity contribution in [1.29, 1.82) is 0 Å². The molecule has 10 heteroatoms. The van der Waals surface area contributed by atoms with Gasteiger partial charge in [-0.05, 0) is 29.7 Å². The lowest BCUT2D eigenvalue weighted by molar-refractivity contribution is -0.119. The molecule has 172 valence electrons. The number of anilines is 1. The first kappa shape index (κ1) is 22.7. The van der Waals surface area contributed by atoms with Gasteiger partial charge >= 0.3 is 5.97 Å². The Morgan fingerprint density at radius 2 is 1.79 bits per heavy atom. The molecule has 0 bridgehead atoms. The van der Waals surface area contributed by atoms with Crippen molar-refractivity contribution in [3.8, 4) is 5.75 Å². The molecule has 2 N–H and O–H groups in total. The third-order valence-electron chi connectivity index (χ3n) is 5.18. The Morgan fingerprint density at radius 1 is 1.03 bits per heavy atom. The number of hydrogen-bond donors (Lipinski definition) is 2. The van der Waals surface area contributed by atoms with Gasteiger partial charge in [-0.15, -0.1) is 0 Å². The van der Waals surface area contributed by atoms with Gasteiger partial charge in [0.1, 0.15) is 11.3 Å². The maximum absolute atomic E-state index is 12.8. The summed E-state index contributed by atoms with van der Waals surface area (Å²) < 4.78 is 37.1. The second-order valence-electron chi connectivity index (χ2n) is 7.35. The molecule has 0 atom stereocenters. The second kappa shape index (κ2) is 9.57. The number of sulfonamides is 1. The van der Waals surface area contributed by atoms with Gasteiger partial charge in [0.2, 0.25) is 10.0 Å². The zero-order valence-corrected chi connectivity index (χ0v) is 18.4. The number of esters is 1. The quantitative estimate of drug-likeness (QED) is 0.530. The first-order valence-electron chi connectivity index (χ1n) is 10.2. The smallest absolute Gasteiger partial charge is 0.342 e. The summed E-state index contributed by atoms with van der Waals surface area (Å²) in [6, 6.07) is 16.0. The molecule has 0 aliphatic carbocycles. The van der Waals surface area contributed by atoms with Crippen LogP contribution in [0.2, 0.25) is 0 Å². The van der Waals surface area contributed by atoms with Crippen LogP contribution in [0.3, 0.4) is 0 Å². The van der Waals surface area contributed by atoms with Crippen LogP contribution in [-0.4, -0.2) is 62.6 Å². The lowest BCUT2D eigenvalue weighted by Gasteiger charge is -2.26. The van der Waals surface area contributed by atoms with E-state index in [9.17, 15) is 23.1 Å². The number of fused-ring (bicyclic) bond motifs is 1. The van der Waals surface area contributed by atoms with Crippen LogP contribution in [-0.2, 0) is 24.3 Å². The van der Waals surface area contributed by atoms with Gasteiger partial charge in [-0.1, -0.05) is 36.4 Å². The van der Waals surface area contributed by atoms with E-state index in [-0.39, 0.29) is 35.0 Å². The van der Waals surface area contributed by atoms with Gasteiger partial charge in [0.25, 0.3) is 5.91 Å². The van der Waals surface area contributed by atoms with Gasteiger partial charge in [0.05, 0.1) is 18.1 Å². The highest BCUT2D eigenvalue weighted by molar-refractivity contribution is 7.89. The number of nitrogens with zero attached hydrogens (tertiary/aromatic N) is 1. The van der Waals surface area contributed by atoms with Crippen LogP contribution in [0.25, 0.3) is 10.8 Å². The third-order valence-corrected chi connectivity index (χ3v) is 7.08. The molecule has 1 aliphatic rings. The van der Waals surface area contributed by atoms with Crippen molar-refractivity contribution < 1.29 is 32.6 Å². The molecule has 1 saturated heterocycles.